The van der Waals surface area contributed by atoms with Gasteiger partial charge in [-0.2, -0.15) is 16.2 Å². The van der Waals surface area contributed by atoms with E-state index < -0.39 is 22.2 Å². The molecule has 2 aliphatic rings. The van der Waals surface area contributed by atoms with Gasteiger partial charge in [0.25, 0.3) is 0 Å². The highest BCUT2D eigenvalue weighted by Crippen LogP contribution is 2.38. The molecule has 0 unspecified atom stereocenters. The molecule has 3 atom stereocenters. The first-order chi connectivity index (χ1) is 15.5. The van der Waals surface area contributed by atoms with E-state index in [9.17, 15) is 24.4 Å². The SMILES string of the molecule is CC(C)(C)c1cccc(CN2C(=O)O[C@H]3[C@H](Cc4cc(O)c([N+](=O)[O-])c(F)c4)CSC[C@@H]32)c1. The zero-order valence-electron chi connectivity index (χ0n) is 18.8. The molecule has 33 heavy (non-hydrogen) atoms. The molecular formula is C24H27FN2O5S. The van der Waals surface area contributed by atoms with E-state index in [4.69, 9.17) is 4.74 Å². The maximum atomic E-state index is 14.2. The number of hydrogen-bond donors (Lipinski definition) is 1. The summed E-state index contributed by atoms with van der Waals surface area (Å²) in [4.78, 5) is 24.5. The quantitative estimate of drug-likeness (QED) is 0.483. The van der Waals surface area contributed by atoms with E-state index in [0.717, 1.165) is 17.4 Å². The van der Waals surface area contributed by atoms with Crippen LogP contribution in [0.3, 0.4) is 0 Å². The summed E-state index contributed by atoms with van der Waals surface area (Å²) in [5, 5.41) is 20.8. The Kier molecular flexibility index (Phi) is 6.26. The number of thioether (sulfide) groups is 1. The first-order valence-electron chi connectivity index (χ1n) is 10.8. The second-order valence-corrected chi connectivity index (χ2v) is 10.8. The minimum Gasteiger partial charge on any atom is -0.502 e. The molecule has 7 nitrogen and oxygen atoms in total. The van der Waals surface area contributed by atoms with Gasteiger partial charge in [-0.15, -0.1) is 0 Å². The summed E-state index contributed by atoms with van der Waals surface area (Å²) in [6.45, 7) is 6.89. The van der Waals surface area contributed by atoms with E-state index in [1.165, 1.54) is 11.6 Å². The summed E-state index contributed by atoms with van der Waals surface area (Å²) in [5.41, 5.74) is 1.75. The first-order valence-corrected chi connectivity index (χ1v) is 12.0. The van der Waals surface area contributed by atoms with E-state index in [0.29, 0.717) is 24.3 Å². The molecule has 1 amide bonds. The van der Waals surface area contributed by atoms with Crippen LogP contribution >= 0.6 is 11.8 Å². The summed E-state index contributed by atoms with van der Waals surface area (Å²) < 4.78 is 19.9. The molecule has 4 rings (SSSR count). The predicted octanol–water partition coefficient (Wildman–Crippen LogP) is 5.03. The summed E-state index contributed by atoms with van der Waals surface area (Å²) in [6.07, 6.45) is -0.376. The van der Waals surface area contributed by atoms with Crippen molar-refractivity contribution in [1.29, 1.82) is 0 Å². The third kappa shape index (κ3) is 4.78. The number of phenols is 1. The first kappa shape index (κ1) is 23.4. The van der Waals surface area contributed by atoms with Crippen molar-refractivity contribution in [2.75, 3.05) is 11.5 Å². The number of phenolic OH excluding ortho intramolecular Hbond substituents is 1. The Morgan fingerprint density at radius 1 is 1.24 bits per heavy atom. The van der Waals surface area contributed by atoms with Crippen LogP contribution in [0, 0.1) is 21.8 Å². The number of rotatable bonds is 5. The van der Waals surface area contributed by atoms with E-state index in [1.807, 2.05) is 12.1 Å². The van der Waals surface area contributed by atoms with Crippen molar-refractivity contribution in [2.24, 2.45) is 5.92 Å². The van der Waals surface area contributed by atoms with Gasteiger partial charge in [0.1, 0.15) is 6.10 Å². The lowest BCUT2D eigenvalue weighted by Gasteiger charge is -2.34. The van der Waals surface area contributed by atoms with Crippen LogP contribution in [0.1, 0.15) is 37.5 Å². The van der Waals surface area contributed by atoms with Crippen LogP contribution in [0.4, 0.5) is 14.9 Å². The Labute approximate surface area is 196 Å². The molecule has 2 heterocycles. The smallest absolute Gasteiger partial charge is 0.410 e. The Hall–Kier alpha value is -2.81. The molecule has 2 aliphatic heterocycles. The fraction of sp³-hybridized carbons (Fsp3) is 0.458. The molecule has 0 saturated carbocycles. The van der Waals surface area contributed by atoms with Crippen molar-refractivity contribution in [2.45, 2.75) is 51.3 Å². The van der Waals surface area contributed by atoms with Crippen LogP contribution in [0.15, 0.2) is 36.4 Å². The maximum absolute atomic E-state index is 14.2. The summed E-state index contributed by atoms with van der Waals surface area (Å²) in [7, 11) is 0. The number of ether oxygens (including phenoxy) is 1. The average molecular weight is 475 g/mol. The molecule has 0 bridgehead atoms. The van der Waals surface area contributed by atoms with Gasteiger partial charge in [0.2, 0.25) is 5.82 Å². The van der Waals surface area contributed by atoms with Crippen molar-refractivity contribution in [1.82, 2.24) is 4.90 Å². The van der Waals surface area contributed by atoms with Gasteiger partial charge in [-0.05, 0) is 40.7 Å². The topological polar surface area (TPSA) is 92.9 Å². The number of halogens is 1. The lowest BCUT2D eigenvalue weighted by Crippen LogP contribution is -2.45. The second kappa shape index (κ2) is 8.85. The molecule has 0 spiro atoms. The number of nitro benzene ring substituents is 1. The molecular weight excluding hydrogens is 447 g/mol. The van der Waals surface area contributed by atoms with Crippen molar-refractivity contribution in [3.05, 3.63) is 69.0 Å². The Morgan fingerprint density at radius 2 is 2.00 bits per heavy atom. The molecule has 2 saturated heterocycles. The number of benzene rings is 2. The molecule has 0 aromatic heterocycles. The standard InChI is InChI=1S/C24H27FN2O5S/c1-24(2,3)17-6-4-5-14(8-17)11-26-19-13-33-12-16(22(19)32-23(26)29)7-15-9-18(25)21(27(30)31)20(28)10-15/h4-6,8-10,16,19,22,28H,7,11-13H2,1-3H3/t16-,19+,22+/m1/s1. The molecule has 2 fully saturated rings. The summed E-state index contributed by atoms with van der Waals surface area (Å²) in [6, 6.07) is 10.4. The van der Waals surface area contributed by atoms with E-state index in [1.54, 1.807) is 16.7 Å². The zero-order chi connectivity index (χ0) is 23.9. The van der Waals surface area contributed by atoms with Crippen LogP contribution in [0.2, 0.25) is 0 Å². The van der Waals surface area contributed by atoms with Gasteiger partial charge in [0, 0.05) is 24.0 Å². The van der Waals surface area contributed by atoms with Crippen molar-refractivity contribution >= 4 is 23.5 Å². The Bertz CT molecular complexity index is 1060. The van der Waals surface area contributed by atoms with Gasteiger partial charge >= 0.3 is 11.8 Å². The van der Waals surface area contributed by atoms with Crippen molar-refractivity contribution in [3.63, 3.8) is 0 Å². The number of carbonyl (C=O) groups is 1. The fourth-order valence-electron chi connectivity index (χ4n) is 4.54. The highest BCUT2D eigenvalue weighted by Gasteiger charge is 2.47. The summed E-state index contributed by atoms with van der Waals surface area (Å²) in [5.74, 6) is -0.408. The van der Waals surface area contributed by atoms with Gasteiger partial charge in [-0.25, -0.2) is 4.79 Å². The largest absolute Gasteiger partial charge is 0.502 e. The fourth-order valence-corrected chi connectivity index (χ4v) is 5.89. The van der Waals surface area contributed by atoms with E-state index in [2.05, 4.69) is 32.9 Å². The maximum Gasteiger partial charge on any atom is 0.410 e. The second-order valence-electron chi connectivity index (χ2n) is 9.70. The number of nitrogens with zero attached hydrogens (tertiary/aromatic N) is 2. The minimum atomic E-state index is -1.07. The molecule has 2 aromatic carbocycles. The van der Waals surface area contributed by atoms with Crippen LogP contribution in [-0.2, 0) is 23.1 Å². The number of nitro groups is 1. The van der Waals surface area contributed by atoms with Crippen molar-refractivity contribution in [3.8, 4) is 5.75 Å². The lowest BCUT2D eigenvalue weighted by molar-refractivity contribution is -0.388. The predicted molar refractivity (Wildman–Crippen MR) is 124 cm³/mol. The van der Waals surface area contributed by atoms with Crippen LogP contribution in [0.25, 0.3) is 0 Å². The Balaban J connectivity index is 1.52. The monoisotopic (exact) mass is 474 g/mol. The number of fused-ring (bicyclic) bond motifs is 1. The minimum absolute atomic E-state index is 0.00143. The third-order valence-corrected chi connectivity index (χ3v) is 7.51. The summed E-state index contributed by atoms with van der Waals surface area (Å²) >= 11 is 1.70. The molecule has 9 heteroatoms. The third-order valence-electron chi connectivity index (χ3n) is 6.27. The number of carbonyl (C=O) groups excluding carboxylic acids is 1. The van der Waals surface area contributed by atoms with Crippen LogP contribution in [-0.4, -0.2) is 44.7 Å². The van der Waals surface area contributed by atoms with Crippen molar-refractivity contribution < 1.29 is 24.0 Å². The van der Waals surface area contributed by atoms with E-state index >= 15 is 0 Å². The molecule has 2 aromatic rings. The van der Waals surface area contributed by atoms with E-state index in [-0.39, 0.29) is 29.6 Å². The van der Waals surface area contributed by atoms with Crippen LogP contribution in [0.5, 0.6) is 5.75 Å². The number of hydrogen-bond acceptors (Lipinski definition) is 6. The molecule has 0 aliphatic carbocycles. The molecule has 176 valence electrons. The Morgan fingerprint density at radius 3 is 2.67 bits per heavy atom. The lowest BCUT2D eigenvalue weighted by atomic mass is 9.86. The zero-order valence-corrected chi connectivity index (χ0v) is 19.6. The highest BCUT2D eigenvalue weighted by atomic mass is 32.2. The van der Waals surface area contributed by atoms with Gasteiger partial charge in [-0.1, -0.05) is 45.0 Å². The van der Waals surface area contributed by atoms with Gasteiger partial charge in [0.05, 0.1) is 11.0 Å². The normalized spacial score (nSPS) is 22.7. The van der Waals surface area contributed by atoms with Gasteiger partial charge in [0.15, 0.2) is 5.75 Å². The highest BCUT2D eigenvalue weighted by molar-refractivity contribution is 7.99. The number of amides is 1. The van der Waals surface area contributed by atoms with Crippen LogP contribution < -0.4 is 0 Å². The van der Waals surface area contributed by atoms with Gasteiger partial charge in [-0.3, -0.25) is 15.0 Å². The average Bonchev–Trinajstić information content (AvgIpc) is 3.03. The molecule has 0 radical (unpaired) electrons. The van der Waals surface area contributed by atoms with Gasteiger partial charge < -0.3 is 9.84 Å². The molecule has 1 N–H and O–H groups in total. The number of aromatic hydroxyl groups is 1.